The lowest BCUT2D eigenvalue weighted by Crippen LogP contribution is -2.47. The van der Waals surface area contributed by atoms with Gasteiger partial charge < -0.3 is 24.7 Å². The van der Waals surface area contributed by atoms with Crippen molar-refractivity contribution in [2.45, 2.75) is 45.2 Å². The van der Waals surface area contributed by atoms with E-state index < -0.39 is 6.04 Å². The summed E-state index contributed by atoms with van der Waals surface area (Å²) in [7, 11) is 1.59. The van der Waals surface area contributed by atoms with Crippen LogP contribution in [0.25, 0.3) is 0 Å². The first kappa shape index (κ1) is 22.4. The number of methoxy groups -OCH3 is 1. The summed E-state index contributed by atoms with van der Waals surface area (Å²) < 4.78 is 10.5. The number of carbonyl (C=O) groups is 3. The predicted molar refractivity (Wildman–Crippen MR) is 115 cm³/mol. The molecule has 31 heavy (non-hydrogen) atoms. The Morgan fingerprint density at radius 1 is 1.13 bits per heavy atom. The molecule has 2 N–H and O–H groups in total. The molecule has 1 atom stereocenters. The van der Waals surface area contributed by atoms with Crippen molar-refractivity contribution in [3.63, 3.8) is 0 Å². The molecule has 0 radical (unpaired) electrons. The summed E-state index contributed by atoms with van der Waals surface area (Å²) in [5.41, 5.74) is 0.847. The van der Waals surface area contributed by atoms with Crippen molar-refractivity contribution in [3.8, 4) is 5.75 Å². The van der Waals surface area contributed by atoms with Gasteiger partial charge >= 0.3 is 0 Å². The number of piperidine rings is 1. The van der Waals surface area contributed by atoms with Crippen LogP contribution >= 0.6 is 0 Å². The molecular formula is C23H29N3O5. The maximum atomic E-state index is 12.9. The van der Waals surface area contributed by atoms with Gasteiger partial charge in [0.15, 0.2) is 5.76 Å². The molecule has 166 valence electrons. The van der Waals surface area contributed by atoms with E-state index in [0.29, 0.717) is 43.2 Å². The summed E-state index contributed by atoms with van der Waals surface area (Å²) in [6, 6.07) is 10.3. The fourth-order valence-electron chi connectivity index (χ4n) is 3.72. The van der Waals surface area contributed by atoms with Crippen LogP contribution in [0.5, 0.6) is 5.75 Å². The third-order valence-electron chi connectivity index (χ3n) is 5.42. The number of benzene rings is 1. The average Bonchev–Trinajstić information content (AvgIpc) is 3.20. The summed E-state index contributed by atoms with van der Waals surface area (Å²) >= 11 is 0. The molecular weight excluding hydrogens is 398 g/mol. The molecule has 1 aromatic carbocycles. The van der Waals surface area contributed by atoms with E-state index >= 15 is 0 Å². The highest BCUT2D eigenvalue weighted by atomic mass is 16.5. The first-order chi connectivity index (χ1) is 14.9. The molecule has 2 heterocycles. The second-order valence-electron chi connectivity index (χ2n) is 7.77. The van der Waals surface area contributed by atoms with Gasteiger partial charge in [0.05, 0.1) is 19.6 Å². The monoisotopic (exact) mass is 427 g/mol. The van der Waals surface area contributed by atoms with Crippen LogP contribution in [-0.2, 0) is 9.59 Å². The first-order valence-corrected chi connectivity index (χ1v) is 10.4. The Hall–Kier alpha value is -3.29. The number of hydrogen-bond donors (Lipinski definition) is 2. The maximum Gasteiger partial charge on any atom is 0.287 e. The van der Waals surface area contributed by atoms with Gasteiger partial charge in [0.25, 0.3) is 5.91 Å². The minimum atomic E-state index is -0.407. The smallest absolute Gasteiger partial charge is 0.287 e. The Labute approximate surface area is 181 Å². The van der Waals surface area contributed by atoms with Crippen molar-refractivity contribution in [1.29, 1.82) is 0 Å². The SMILES string of the molecule is COc1ccc(C(CC(=O)N2CCC(NC(=O)c3ccc(C)o3)CC2)NC(C)=O)cc1. The number of nitrogens with one attached hydrogen (secondary N) is 2. The lowest BCUT2D eigenvalue weighted by molar-refractivity contribution is -0.133. The Morgan fingerprint density at radius 3 is 2.35 bits per heavy atom. The van der Waals surface area contributed by atoms with Gasteiger partial charge in [0.2, 0.25) is 11.8 Å². The Kier molecular flexibility index (Phi) is 7.33. The zero-order chi connectivity index (χ0) is 22.4. The Morgan fingerprint density at radius 2 is 1.81 bits per heavy atom. The van der Waals surface area contributed by atoms with Gasteiger partial charge in [-0.15, -0.1) is 0 Å². The van der Waals surface area contributed by atoms with Crippen LogP contribution in [-0.4, -0.2) is 48.9 Å². The number of ether oxygens (including phenoxy) is 1. The number of furan rings is 1. The molecule has 0 spiro atoms. The highest BCUT2D eigenvalue weighted by molar-refractivity contribution is 5.91. The van der Waals surface area contributed by atoms with Gasteiger partial charge in [-0.25, -0.2) is 0 Å². The number of amides is 3. The molecule has 0 saturated carbocycles. The summed E-state index contributed by atoms with van der Waals surface area (Å²) in [6.45, 7) is 4.34. The number of carbonyl (C=O) groups excluding carboxylic acids is 3. The molecule has 2 aromatic rings. The number of hydrogen-bond acceptors (Lipinski definition) is 5. The second-order valence-corrected chi connectivity index (χ2v) is 7.77. The van der Waals surface area contributed by atoms with Crippen molar-refractivity contribution >= 4 is 17.7 Å². The Bertz CT molecular complexity index is 914. The molecule has 1 aromatic heterocycles. The van der Waals surface area contributed by atoms with Crippen molar-refractivity contribution in [1.82, 2.24) is 15.5 Å². The van der Waals surface area contributed by atoms with Crippen LogP contribution in [0.3, 0.4) is 0 Å². The molecule has 3 rings (SSSR count). The van der Waals surface area contributed by atoms with Crippen LogP contribution in [0, 0.1) is 6.92 Å². The zero-order valence-electron chi connectivity index (χ0n) is 18.1. The van der Waals surface area contributed by atoms with E-state index in [9.17, 15) is 14.4 Å². The van der Waals surface area contributed by atoms with Crippen molar-refractivity contribution in [2.24, 2.45) is 0 Å². The molecule has 1 unspecified atom stereocenters. The van der Waals surface area contributed by atoms with Gasteiger partial charge in [0, 0.05) is 26.1 Å². The molecule has 1 fully saturated rings. The first-order valence-electron chi connectivity index (χ1n) is 10.4. The van der Waals surface area contributed by atoms with Crippen LogP contribution in [0.15, 0.2) is 40.8 Å². The van der Waals surface area contributed by atoms with E-state index in [4.69, 9.17) is 9.15 Å². The van der Waals surface area contributed by atoms with Gasteiger partial charge in [-0.1, -0.05) is 12.1 Å². The van der Waals surface area contributed by atoms with E-state index in [-0.39, 0.29) is 30.2 Å². The van der Waals surface area contributed by atoms with Crippen molar-refractivity contribution in [2.75, 3.05) is 20.2 Å². The summed E-state index contributed by atoms with van der Waals surface area (Å²) in [6.07, 6.45) is 1.52. The standard InChI is InChI=1S/C23H29N3O5/c1-15-4-9-21(31-15)23(29)25-18-10-12-26(13-11-18)22(28)14-20(24-16(2)27)17-5-7-19(30-3)8-6-17/h4-9,18,20H,10-14H2,1-3H3,(H,24,27)(H,25,29). The molecule has 0 bridgehead atoms. The molecule has 1 aliphatic rings. The van der Waals surface area contributed by atoms with Gasteiger partial charge in [-0.2, -0.15) is 0 Å². The van der Waals surface area contributed by atoms with Gasteiger partial charge in [0.1, 0.15) is 11.5 Å². The molecule has 1 saturated heterocycles. The normalized spacial score (nSPS) is 15.3. The third-order valence-corrected chi connectivity index (χ3v) is 5.42. The highest BCUT2D eigenvalue weighted by Crippen LogP contribution is 2.22. The summed E-state index contributed by atoms with van der Waals surface area (Å²) in [5.74, 6) is 1.25. The number of aryl methyl sites for hydroxylation is 1. The van der Waals surface area contributed by atoms with Crippen molar-refractivity contribution in [3.05, 3.63) is 53.5 Å². The fourth-order valence-corrected chi connectivity index (χ4v) is 3.72. The van der Waals surface area contributed by atoms with E-state index in [0.717, 1.165) is 5.56 Å². The van der Waals surface area contributed by atoms with E-state index in [1.165, 1.54) is 6.92 Å². The van der Waals surface area contributed by atoms with Crippen LogP contribution in [0.4, 0.5) is 0 Å². The number of rotatable bonds is 7. The quantitative estimate of drug-likeness (QED) is 0.707. The number of nitrogens with zero attached hydrogens (tertiary/aromatic N) is 1. The minimum absolute atomic E-state index is 0.00492. The molecule has 8 nitrogen and oxygen atoms in total. The summed E-state index contributed by atoms with van der Waals surface area (Å²) in [5, 5.41) is 5.84. The van der Waals surface area contributed by atoms with Crippen LogP contribution in [0.2, 0.25) is 0 Å². The van der Waals surface area contributed by atoms with E-state index in [2.05, 4.69) is 10.6 Å². The molecule has 1 aliphatic heterocycles. The average molecular weight is 428 g/mol. The topological polar surface area (TPSA) is 101 Å². The molecule has 8 heteroatoms. The van der Waals surface area contributed by atoms with E-state index in [1.54, 1.807) is 31.1 Å². The van der Waals surface area contributed by atoms with Gasteiger partial charge in [-0.3, -0.25) is 14.4 Å². The lowest BCUT2D eigenvalue weighted by atomic mass is 10.0. The second kappa shape index (κ2) is 10.1. The van der Waals surface area contributed by atoms with E-state index in [1.807, 2.05) is 24.3 Å². The lowest BCUT2D eigenvalue weighted by Gasteiger charge is -2.33. The molecule has 3 amide bonds. The number of likely N-dealkylation sites (tertiary alicyclic amines) is 1. The highest BCUT2D eigenvalue weighted by Gasteiger charge is 2.27. The van der Waals surface area contributed by atoms with Crippen LogP contribution < -0.4 is 15.4 Å². The maximum absolute atomic E-state index is 12.9. The van der Waals surface area contributed by atoms with Crippen LogP contribution in [0.1, 0.15) is 54.1 Å². The summed E-state index contributed by atoms with van der Waals surface area (Å²) in [4.78, 5) is 38.6. The Balaban J connectivity index is 1.54. The van der Waals surface area contributed by atoms with Crippen molar-refractivity contribution < 1.29 is 23.5 Å². The fraction of sp³-hybridized carbons (Fsp3) is 0.435. The minimum Gasteiger partial charge on any atom is -0.497 e. The van der Waals surface area contributed by atoms with Gasteiger partial charge in [-0.05, 0) is 49.6 Å². The molecule has 0 aliphatic carbocycles. The largest absolute Gasteiger partial charge is 0.497 e. The predicted octanol–water partition coefficient (Wildman–Crippen LogP) is 2.58. The zero-order valence-corrected chi connectivity index (χ0v) is 18.1. The third kappa shape index (κ3) is 6.10.